The van der Waals surface area contributed by atoms with Crippen molar-refractivity contribution in [3.05, 3.63) is 163 Å². The van der Waals surface area contributed by atoms with Gasteiger partial charge >= 0.3 is 0 Å². The van der Waals surface area contributed by atoms with Gasteiger partial charge in [0.25, 0.3) is 5.82 Å². The van der Waals surface area contributed by atoms with Gasteiger partial charge in [-0.3, -0.25) is 0 Å². The number of rotatable bonds is 4. The van der Waals surface area contributed by atoms with Gasteiger partial charge < -0.3 is 4.85 Å². The maximum atomic E-state index is 9.34. The molecule has 0 aliphatic carbocycles. The van der Waals surface area contributed by atoms with Gasteiger partial charge in [0.2, 0.25) is 0 Å². The molecule has 0 bridgehead atoms. The van der Waals surface area contributed by atoms with Crippen molar-refractivity contribution in [1.82, 2.24) is 9.97 Å². The standard InChI is InChI=1S/C42H24N4/c1-44-40-25-34(19-21-46-40)28-12-16-30(17-13-28)42-37-9-5-4-8-36(37)41(38-23-31-6-2-3-7-32(31)24-39(38)42)29-14-10-27(11-15-29)33-18-20-45-35(22-33)26-43/h2-25H. The smallest absolute Gasteiger partial charge is 0.270 e. The fraction of sp³-hybridized carbons (Fsp3) is 0. The van der Waals surface area contributed by atoms with Gasteiger partial charge in [-0.05, 0) is 113 Å². The summed E-state index contributed by atoms with van der Waals surface area (Å²) in [5.41, 5.74) is 9.08. The van der Waals surface area contributed by atoms with Gasteiger partial charge in [0.05, 0.1) is 0 Å². The second kappa shape index (κ2) is 11.1. The molecular weight excluding hydrogens is 560 g/mol. The van der Waals surface area contributed by atoms with E-state index in [9.17, 15) is 5.26 Å². The van der Waals surface area contributed by atoms with Crippen molar-refractivity contribution < 1.29 is 0 Å². The summed E-state index contributed by atoms with van der Waals surface area (Å²) in [5.74, 6) is 0.391. The summed E-state index contributed by atoms with van der Waals surface area (Å²) in [5, 5.41) is 16.5. The zero-order valence-electron chi connectivity index (χ0n) is 24.6. The van der Waals surface area contributed by atoms with Gasteiger partial charge in [-0.2, -0.15) is 5.26 Å². The van der Waals surface area contributed by atoms with E-state index in [0.29, 0.717) is 11.5 Å². The highest BCUT2D eigenvalue weighted by Gasteiger charge is 2.18. The summed E-state index contributed by atoms with van der Waals surface area (Å²) in [6.45, 7) is 7.35. The fourth-order valence-electron chi connectivity index (χ4n) is 6.47. The first-order valence-electron chi connectivity index (χ1n) is 15.0. The largest absolute Gasteiger partial charge is 0.361 e. The van der Waals surface area contributed by atoms with Gasteiger partial charge in [-0.25, -0.2) is 4.98 Å². The lowest BCUT2D eigenvalue weighted by molar-refractivity contribution is 1.26. The number of benzene rings is 6. The molecule has 4 heteroatoms. The number of fused-ring (bicyclic) bond motifs is 3. The van der Waals surface area contributed by atoms with Crippen LogP contribution in [0.2, 0.25) is 0 Å². The zero-order chi connectivity index (χ0) is 31.0. The molecule has 8 rings (SSSR count). The summed E-state index contributed by atoms with van der Waals surface area (Å²) in [6.07, 6.45) is 3.37. The van der Waals surface area contributed by atoms with E-state index in [1.807, 2.05) is 24.3 Å². The Labute approximate surface area is 266 Å². The van der Waals surface area contributed by atoms with Crippen LogP contribution in [0.4, 0.5) is 5.82 Å². The van der Waals surface area contributed by atoms with Crippen LogP contribution in [0.1, 0.15) is 5.69 Å². The molecule has 0 fully saturated rings. The first-order valence-corrected chi connectivity index (χ1v) is 15.0. The molecule has 46 heavy (non-hydrogen) atoms. The van der Waals surface area contributed by atoms with E-state index >= 15 is 0 Å². The van der Waals surface area contributed by atoms with Crippen LogP contribution >= 0.6 is 0 Å². The molecule has 0 radical (unpaired) electrons. The van der Waals surface area contributed by atoms with E-state index in [4.69, 9.17) is 6.57 Å². The Bertz CT molecular complexity index is 2360. The SMILES string of the molecule is [C-]#[N+]c1cc(-c2ccc(-c3c4ccccc4c(-c4ccc(-c5ccnc(C#N)c5)cc4)c4cc5ccccc5cc34)cc2)ccn1. The normalized spacial score (nSPS) is 11.0. The monoisotopic (exact) mass is 584 g/mol. The van der Waals surface area contributed by atoms with Crippen LogP contribution in [-0.2, 0) is 0 Å². The molecule has 2 heterocycles. The summed E-state index contributed by atoms with van der Waals surface area (Å²) < 4.78 is 0. The van der Waals surface area contributed by atoms with Crippen molar-refractivity contribution in [2.24, 2.45) is 0 Å². The second-order valence-corrected chi connectivity index (χ2v) is 11.3. The minimum atomic E-state index is 0.391. The Morgan fingerprint density at radius 1 is 0.478 bits per heavy atom. The molecule has 0 spiro atoms. The molecule has 0 atom stereocenters. The Kier molecular flexibility index (Phi) is 6.53. The van der Waals surface area contributed by atoms with Crippen LogP contribution < -0.4 is 0 Å². The average Bonchev–Trinajstić information content (AvgIpc) is 3.13. The second-order valence-electron chi connectivity index (χ2n) is 11.3. The number of pyridine rings is 2. The topological polar surface area (TPSA) is 53.9 Å². The Hall–Kier alpha value is -6.62. The van der Waals surface area contributed by atoms with Crippen LogP contribution in [0.25, 0.3) is 81.7 Å². The third-order valence-corrected chi connectivity index (χ3v) is 8.64. The van der Waals surface area contributed by atoms with Gasteiger partial charge in [0, 0.05) is 6.20 Å². The van der Waals surface area contributed by atoms with Crippen molar-refractivity contribution >= 4 is 38.1 Å². The van der Waals surface area contributed by atoms with Gasteiger partial charge in [-0.15, -0.1) is 4.98 Å². The molecule has 0 saturated carbocycles. The fourth-order valence-corrected chi connectivity index (χ4v) is 6.47. The summed E-state index contributed by atoms with van der Waals surface area (Å²) in [4.78, 5) is 11.8. The van der Waals surface area contributed by atoms with Crippen molar-refractivity contribution in [2.45, 2.75) is 0 Å². The highest BCUT2D eigenvalue weighted by molar-refractivity contribution is 6.23. The lowest BCUT2D eigenvalue weighted by Gasteiger charge is -2.19. The molecule has 0 N–H and O–H groups in total. The van der Waals surface area contributed by atoms with Crippen LogP contribution in [-0.4, -0.2) is 9.97 Å². The van der Waals surface area contributed by atoms with Crippen LogP contribution in [0.15, 0.2) is 146 Å². The van der Waals surface area contributed by atoms with E-state index in [2.05, 4.69) is 130 Å². The maximum absolute atomic E-state index is 9.34. The summed E-state index contributed by atoms with van der Waals surface area (Å²) in [6, 6.07) is 48.7. The molecule has 8 aromatic rings. The zero-order valence-corrected chi connectivity index (χ0v) is 24.6. The molecule has 4 nitrogen and oxygen atoms in total. The van der Waals surface area contributed by atoms with E-state index in [-0.39, 0.29) is 0 Å². The third-order valence-electron chi connectivity index (χ3n) is 8.64. The summed E-state index contributed by atoms with van der Waals surface area (Å²) >= 11 is 0. The molecular formula is C42H24N4. The number of nitriles is 1. The quantitative estimate of drug-likeness (QED) is 0.153. The van der Waals surface area contributed by atoms with Gasteiger partial charge in [0.1, 0.15) is 18.0 Å². The molecule has 212 valence electrons. The van der Waals surface area contributed by atoms with Crippen molar-refractivity contribution in [1.29, 1.82) is 5.26 Å². The van der Waals surface area contributed by atoms with Crippen LogP contribution in [0.3, 0.4) is 0 Å². The predicted molar refractivity (Wildman–Crippen MR) is 187 cm³/mol. The number of hydrogen-bond donors (Lipinski definition) is 0. The molecule has 2 aromatic heterocycles. The lowest BCUT2D eigenvalue weighted by atomic mass is 9.84. The van der Waals surface area contributed by atoms with Crippen LogP contribution in [0, 0.1) is 17.9 Å². The Balaban J connectivity index is 1.36. The average molecular weight is 585 g/mol. The van der Waals surface area contributed by atoms with Gasteiger partial charge in [-0.1, -0.05) is 104 Å². The molecule has 0 aliphatic rings. The molecule has 6 aromatic carbocycles. The minimum absolute atomic E-state index is 0.391. The molecule has 0 amide bonds. The predicted octanol–water partition coefficient (Wildman–Crippen LogP) is 11.0. The Morgan fingerprint density at radius 2 is 0.957 bits per heavy atom. The first kappa shape index (κ1) is 27.0. The molecule has 0 unspecified atom stereocenters. The number of nitrogens with zero attached hydrogens (tertiary/aromatic N) is 4. The van der Waals surface area contributed by atoms with Crippen molar-refractivity contribution in [3.63, 3.8) is 0 Å². The van der Waals surface area contributed by atoms with E-state index in [1.54, 1.807) is 12.4 Å². The highest BCUT2D eigenvalue weighted by atomic mass is 14.8. The third kappa shape index (κ3) is 4.63. The maximum Gasteiger partial charge on any atom is 0.270 e. The van der Waals surface area contributed by atoms with Crippen molar-refractivity contribution in [2.75, 3.05) is 0 Å². The highest BCUT2D eigenvalue weighted by Crippen LogP contribution is 2.45. The van der Waals surface area contributed by atoms with E-state index in [0.717, 1.165) is 33.4 Å². The first-order chi connectivity index (χ1) is 22.7. The number of aromatic nitrogens is 2. The Morgan fingerprint density at radius 3 is 1.48 bits per heavy atom. The van der Waals surface area contributed by atoms with Crippen LogP contribution in [0.5, 0.6) is 0 Å². The van der Waals surface area contributed by atoms with Crippen molar-refractivity contribution in [3.8, 4) is 50.6 Å². The van der Waals surface area contributed by atoms with Gasteiger partial charge in [0.15, 0.2) is 0 Å². The lowest BCUT2D eigenvalue weighted by Crippen LogP contribution is -1.92. The minimum Gasteiger partial charge on any atom is -0.361 e. The van der Waals surface area contributed by atoms with E-state index < -0.39 is 0 Å². The van der Waals surface area contributed by atoms with E-state index in [1.165, 1.54) is 43.4 Å². The summed E-state index contributed by atoms with van der Waals surface area (Å²) in [7, 11) is 0. The molecule has 0 aliphatic heterocycles. The number of hydrogen-bond acceptors (Lipinski definition) is 3. The molecule has 0 saturated heterocycles.